The van der Waals surface area contributed by atoms with Gasteiger partial charge in [-0.2, -0.15) is 4.98 Å². The Morgan fingerprint density at radius 1 is 1.17 bits per heavy atom. The number of rotatable bonds is 5. The number of hydrogen-bond donors (Lipinski definition) is 0. The predicted octanol–water partition coefficient (Wildman–Crippen LogP) is -0.693. The van der Waals surface area contributed by atoms with Crippen LogP contribution in [0, 0.1) is 0 Å². The Kier molecular flexibility index (Phi) is 4.72. The highest BCUT2D eigenvalue weighted by molar-refractivity contribution is 5.74. The van der Waals surface area contributed by atoms with Crippen molar-refractivity contribution in [3.8, 4) is 0 Å². The molecule has 0 N–H and O–H groups in total. The maximum Gasteiger partial charge on any atom is 0.332 e. The lowest BCUT2D eigenvalue weighted by Gasteiger charge is -2.28. The molecule has 3 heterocycles. The van der Waals surface area contributed by atoms with Crippen LogP contribution in [0.4, 0.5) is 5.95 Å². The van der Waals surface area contributed by atoms with Gasteiger partial charge >= 0.3 is 5.69 Å². The van der Waals surface area contributed by atoms with E-state index in [1.54, 1.807) is 7.05 Å². The van der Waals surface area contributed by atoms with Gasteiger partial charge in [-0.3, -0.25) is 13.9 Å². The van der Waals surface area contributed by atoms with Crippen LogP contribution in [0.25, 0.3) is 11.2 Å². The van der Waals surface area contributed by atoms with Gasteiger partial charge in [0.1, 0.15) is 0 Å². The number of morpholine rings is 1. The Labute approximate surface area is 139 Å². The third kappa shape index (κ3) is 2.73. The molecule has 0 radical (unpaired) electrons. The molecule has 2 aromatic rings. The first kappa shape index (κ1) is 16.7. The monoisotopic (exact) mass is 337 g/mol. The Morgan fingerprint density at radius 2 is 1.88 bits per heavy atom. The lowest BCUT2D eigenvalue weighted by atomic mass is 10.4. The molecule has 132 valence electrons. The Morgan fingerprint density at radius 3 is 2.54 bits per heavy atom. The highest BCUT2D eigenvalue weighted by Crippen LogP contribution is 2.20. The van der Waals surface area contributed by atoms with E-state index in [-0.39, 0.29) is 11.2 Å². The summed E-state index contributed by atoms with van der Waals surface area (Å²) in [5, 5.41) is 0. The zero-order valence-corrected chi connectivity index (χ0v) is 14.3. The van der Waals surface area contributed by atoms with Crippen molar-refractivity contribution in [2.75, 3.05) is 44.4 Å². The van der Waals surface area contributed by atoms with Gasteiger partial charge in [-0.25, -0.2) is 4.79 Å². The molecule has 1 saturated heterocycles. The molecule has 0 unspecified atom stereocenters. The molecule has 1 fully saturated rings. The number of aromatic nitrogens is 4. The summed E-state index contributed by atoms with van der Waals surface area (Å²) < 4.78 is 15.2. The summed E-state index contributed by atoms with van der Waals surface area (Å²) >= 11 is 0. The van der Waals surface area contributed by atoms with Crippen LogP contribution in [-0.2, 0) is 30.1 Å². The van der Waals surface area contributed by atoms with Crippen molar-refractivity contribution >= 4 is 17.1 Å². The quantitative estimate of drug-likeness (QED) is 0.672. The number of aryl methyl sites for hydroxylation is 1. The average molecular weight is 337 g/mol. The minimum absolute atomic E-state index is 0.336. The van der Waals surface area contributed by atoms with Crippen molar-refractivity contribution < 1.29 is 9.47 Å². The lowest BCUT2D eigenvalue weighted by molar-refractivity contribution is 0.120. The second-order valence-electron chi connectivity index (χ2n) is 5.74. The van der Waals surface area contributed by atoms with Gasteiger partial charge in [-0.1, -0.05) is 0 Å². The Bertz CT molecular complexity index is 844. The Hall–Kier alpha value is -2.13. The van der Waals surface area contributed by atoms with Crippen molar-refractivity contribution in [1.82, 2.24) is 18.7 Å². The molecule has 0 atom stereocenters. The normalized spacial score (nSPS) is 15.4. The smallest absolute Gasteiger partial charge is 0.332 e. The summed E-state index contributed by atoms with van der Waals surface area (Å²) in [6.07, 6.45) is 0. The van der Waals surface area contributed by atoms with Gasteiger partial charge in [0.2, 0.25) is 5.95 Å². The minimum Gasteiger partial charge on any atom is -0.380 e. The third-order valence-electron chi connectivity index (χ3n) is 4.29. The van der Waals surface area contributed by atoms with Gasteiger partial charge in [-0.05, 0) is 6.92 Å². The van der Waals surface area contributed by atoms with Crippen LogP contribution in [0.2, 0.25) is 0 Å². The SMILES string of the molecule is CCOCCn1c(N2CCOCC2)nc2c1c(=O)n(C)c(=O)n2C. The van der Waals surface area contributed by atoms with Gasteiger partial charge in [0.05, 0.1) is 19.8 Å². The number of fused-ring (bicyclic) bond motifs is 1. The molecular weight excluding hydrogens is 314 g/mol. The molecule has 1 aliphatic rings. The van der Waals surface area contributed by atoms with Gasteiger partial charge in [0.25, 0.3) is 5.56 Å². The van der Waals surface area contributed by atoms with Gasteiger partial charge in [-0.15, -0.1) is 0 Å². The lowest BCUT2D eigenvalue weighted by Crippen LogP contribution is -2.39. The van der Waals surface area contributed by atoms with Crippen LogP contribution in [0.5, 0.6) is 0 Å². The molecule has 0 spiro atoms. The number of anilines is 1. The van der Waals surface area contributed by atoms with Crippen LogP contribution in [-0.4, -0.2) is 58.2 Å². The molecule has 2 aromatic heterocycles. The molecule has 9 heteroatoms. The highest BCUT2D eigenvalue weighted by atomic mass is 16.5. The first-order valence-electron chi connectivity index (χ1n) is 8.13. The maximum atomic E-state index is 12.7. The molecule has 1 aliphatic heterocycles. The fourth-order valence-electron chi connectivity index (χ4n) is 2.95. The van der Waals surface area contributed by atoms with Crippen molar-refractivity contribution in [1.29, 1.82) is 0 Å². The summed E-state index contributed by atoms with van der Waals surface area (Å²) in [7, 11) is 3.12. The molecular formula is C15H23N5O4. The molecule has 0 saturated carbocycles. The van der Waals surface area contributed by atoms with Gasteiger partial charge in [0.15, 0.2) is 11.2 Å². The van der Waals surface area contributed by atoms with Crippen molar-refractivity contribution in [3.05, 3.63) is 20.8 Å². The first-order valence-corrected chi connectivity index (χ1v) is 8.13. The van der Waals surface area contributed by atoms with E-state index in [2.05, 4.69) is 9.88 Å². The average Bonchev–Trinajstić information content (AvgIpc) is 2.99. The molecule has 9 nitrogen and oxygen atoms in total. The second kappa shape index (κ2) is 6.78. The van der Waals surface area contributed by atoms with E-state index in [9.17, 15) is 9.59 Å². The Balaban J connectivity index is 2.20. The van der Waals surface area contributed by atoms with E-state index in [0.717, 1.165) is 4.57 Å². The highest BCUT2D eigenvalue weighted by Gasteiger charge is 2.23. The molecule has 0 aliphatic carbocycles. The van der Waals surface area contributed by atoms with E-state index in [1.807, 2.05) is 11.5 Å². The predicted molar refractivity (Wildman–Crippen MR) is 89.7 cm³/mol. The van der Waals surface area contributed by atoms with Crippen LogP contribution >= 0.6 is 0 Å². The van der Waals surface area contributed by atoms with E-state index in [1.165, 1.54) is 11.6 Å². The topological polar surface area (TPSA) is 83.5 Å². The second-order valence-corrected chi connectivity index (χ2v) is 5.74. The summed E-state index contributed by atoms with van der Waals surface area (Å²) in [4.78, 5) is 31.5. The summed E-state index contributed by atoms with van der Waals surface area (Å²) in [6.45, 7) is 6.15. The van der Waals surface area contributed by atoms with Crippen molar-refractivity contribution in [2.45, 2.75) is 13.5 Å². The standard InChI is InChI=1S/C15H23N5O4/c1-4-23-10-7-20-11-12(17(2)15(22)18(3)13(11)21)16-14(20)19-5-8-24-9-6-19/h4-10H2,1-3H3. The number of hydrogen-bond acceptors (Lipinski definition) is 6. The zero-order chi connectivity index (χ0) is 17.3. The number of nitrogens with zero attached hydrogens (tertiary/aromatic N) is 5. The number of ether oxygens (including phenoxy) is 2. The molecule has 24 heavy (non-hydrogen) atoms. The molecule has 0 bridgehead atoms. The third-order valence-corrected chi connectivity index (χ3v) is 4.29. The molecule has 0 amide bonds. The fourth-order valence-corrected chi connectivity index (χ4v) is 2.95. The van der Waals surface area contributed by atoms with Crippen LogP contribution < -0.4 is 16.1 Å². The van der Waals surface area contributed by atoms with E-state index in [0.29, 0.717) is 63.2 Å². The van der Waals surface area contributed by atoms with Crippen LogP contribution in [0.1, 0.15) is 6.92 Å². The van der Waals surface area contributed by atoms with Crippen molar-refractivity contribution in [2.24, 2.45) is 14.1 Å². The summed E-state index contributed by atoms with van der Waals surface area (Å²) in [6, 6.07) is 0. The molecule has 0 aromatic carbocycles. The zero-order valence-electron chi connectivity index (χ0n) is 14.3. The van der Waals surface area contributed by atoms with E-state index < -0.39 is 0 Å². The molecule has 3 rings (SSSR count). The number of imidazole rings is 1. The minimum atomic E-state index is -0.379. The van der Waals surface area contributed by atoms with E-state index in [4.69, 9.17) is 9.47 Å². The van der Waals surface area contributed by atoms with Crippen LogP contribution in [0.3, 0.4) is 0 Å². The van der Waals surface area contributed by atoms with E-state index >= 15 is 0 Å². The fraction of sp³-hybridized carbons (Fsp3) is 0.667. The maximum absolute atomic E-state index is 12.7. The largest absolute Gasteiger partial charge is 0.380 e. The summed E-state index contributed by atoms with van der Waals surface area (Å²) in [5.41, 5.74) is 0.119. The van der Waals surface area contributed by atoms with Crippen LogP contribution in [0.15, 0.2) is 9.59 Å². The van der Waals surface area contributed by atoms with Crippen molar-refractivity contribution in [3.63, 3.8) is 0 Å². The first-order chi connectivity index (χ1) is 11.6. The van der Waals surface area contributed by atoms with Gasteiger partial charge < -0.3 is 18.9 Å². The van der Waals surface area contributed by atoms with Gasteiger partial charge in [0, 0.05) is 40.3 Å². The summed E-state index contributed by atoms with van der Waals surface area (Å²) in [5.74, 6) is 0.686.